The molecular formula is C14H25N3O2. The predicted molar refractivity (Wildman–Crippen MR) is 75.4 cm³/mol. The maximum absolute atomic E-state index is 11.8. The minimum Gasteiger partial charge on any atom is -0.383 e. The van der Waals surface area contributed by atoms with Gasteiger partial charge in [0, 0.05) is 32.9 Å². The number of ether oxygens (including phenoxy) is 1. The first-order chi connectivity index (χ1) is 9.19. The van der Waals surface area contributed by atoms with E-state index in [4.69, 9.17) is 10.00 Å². The first kappa shape index (κ1) is 17.5. The van der Waals surface area contributed by atoms with Gasteiger partial charge in [0.15, 0.2) is 0 Å². The van der Waals surface area contributed by atoms with E-state index >= 15 is 0 Å². The summed E-state index contributed by atoms with van der Waals surface area (Å²) < 4.78 is 4.85. The summed E-state index contributed by atoms with van der Waals surface area (Å²) in [6.45, 7) is 6.79. The van der Waals surface area contributed by atoms with Crippen molar-refractivity contribution in [1.29, 1.82) is 5.26 Å². The van der Waals surface area contributed by atoms with Crippen molar-refractivity contribution in [3.63, 3.8) is 0 Å². The Hall–Kier alpha value is -1.54. The molecule has 0 aliphatic rings. The third kappa shape index (κ3) is 8.22. The van der Waals surface area contributed by atoms with Crippen molar-refractivity contribution in [3.05, 3.63) is 11.8 Å². The molecule has 0 saturated carbocycles. The van der Waals surface area contributed by atoms with Gasteiger partial charge in [0.25, 0.3) is 5.91 Å². The fraction of sp³-hybridized carbons (Fsp3) is 0.714. The van der Waals surface area contributed by atoms with E-state index in [1.807, 2.05) is 11.0 Å². The average Bonchev–Trinajstić information content (AvgIpc) is 2.41. The Balaban J connectivity index is 4.54. The number of nitrogens with one attached hydrogen (secondary N) is 1. The molecular weight excluding hydrogens is 242 g/mol. The Morgan fingerprint density at radius 2 is 2.11 bits per heavy atom. The zero-order valence-corrected chi connectivity index (χ0v) is 12.2. The molecule has 0 heterocycles. The topological polar surface area (TPSA) is 65.4 Å². The molecule has 0 atom stereocenters. The highest BCUT2D eigenvalue weighted by atomic mass is 16.5. The second-order valence-electron chi connectivity index (χ2n) is 4.29. The Morgan fingerprint density at radius 3 is 2.63 bits per heavy atom. The highest BCUT2D eigenvalue weighted by Crippen LogP contribution is 2.02. The lowest BCUT2D eigenvalue weighted by Crippen LogP contribution is -2.29. The maximum Gasteiger partial charge on any atom is 0.263 e. The molecule has 0 bridgehead atoms. The van der Waals surface area contributed by atoms with Crippen molar-refractivity contribution in [2.24, 2.45) is 0 Å². The fourth-order valence-electron chi connectivity index (χ4n) is 1.57. The number of methoxy groups -OCH3 is 1. The lowest BCUT2D eigenvalue weighted by molar-refractivity contribution is -0.117. The van der Waals surface area contributed by atoms with Crippen molar-refractivity contribution in [2.45, 2.75) is 33.1 Å². The third-order valence-electron chi connectivity index (χ3n) is 2.58. The van der Waals surface area contributed by atoms with Crippen LogP contribution in [0.3, 0.4) is 0 Å². The summed E-state index contributed by atoms with van der Waals surface area (Å²) in [5.41, 5.74) is 0.153. The molecule has 108 valence electrons. The molecule has 0 aromatic rings. The quantitative estimate of drug-likeness (QED) is 0.371. The van der Waals surface area contributed by atoms with Crippen LogP contribution < -0.4 is 5.32 Å². The van der Waals surface area contributed by atoms with Crippen LogP contribution in [-0.4, -0.2) is 44.2 Å². The smallest absolute Gasteiger partial charge is 0.263 e. The molecule has 19 heavy (non-hydrogen) atoms. The first-order valence-electron chi connectivity index (χ1n) is 6.82. The molecule has 0 aliphatic carbocycles. The van der Waals surface area contributed by atoms with Crippen molar-refractivity contribution in [1.82, 2.24) is 10.2 Å². The molecule has 0 fully saturated rings. The highest BCUT2D eigenvalue weighted by molar-refractivity contribution is 5.97. The Morgan fingerprint density at radius 1 is 1.37 bits per heavy atom. The maximum atomic E-state index is 11.8. The number of amides is 1. The molecule has 0 aromatic carbocycles. The van der Waals surface area contributed by atoms with Gasteiger partial charge in [0.1, 0.15) is 11.6 Å². The van der Waals surface area contributed by atoms with Crippen LogP contribution >= 0.6 is 0 Å². The molecule has 0 saturated heterocycles. The van der Waals surface area contributed by atoms with E-state index in [2.05, 4.69) is 19.2 Å². The summed E-state index contributed by atoms with van der Waals surface area (Å²) in [6, 6.07) is 1.96. The number of hydrogen-bond donors (Lipinski definition) is 1. The van der Waals surface area contributed by atoms with Gasteiger partial charge >= 0.3 is 0 Å². The van der Waals surface area contributed by atoms with Crippen LogP contribution in [-0.2, 0) is 9.53 Å². The summed E-state index contributed by atoms with van der Waals surface area (Å²) in [5, 5.41) is 11.7. The van der Waals surface area contributed by atoms with E-state index in [0.29, 0.717) is 13.2 Å². The van der Waals surface area contributed by atoms with Crippen LogP contribution in [0.4, 0.5) is 0 Å². The van der Waals surface area contributed by atoms with Gasteiger partial charge in [-0.25, -0.2) is 0 Å². The predicted octanol–water partition coefficient (Wildman–Crippen LogP) is 1.67. The molecule has 0 rings (SSSR count). The van der Waals surface area contributed by atoms with Crippen LogP contribution in [0.25, 0.3) is 0 Å². The summed E-state index contributed by atoms with van der Waals surface area (Å²) in [6.07, 6.45) is 4.81. The molecule has 5 heteroatoms. The van der Waals surface area contributed by atoms with Crippen LogP contribution in [0, 0.1) is 11.3 Å². The van der Waals surface area contributed by atoms with Gasteiger partial charge in [-0.15, -0.1) is 0 Å². The minimum absolute atomic E-state index is 0.153. The molecule has 1 N–H and O–H groups in total. The van der Waals surface area contributed by atoms with E-state index in [0.717, 1.165) is 32.4 Å². The van der Waals surface area contributed by atoms with Crippen molar-refractivity contribution < 1.29 is 9.53 Å². The Labute approximate surface area is 116 Å². The second kappa shape index (κ2) is 11.5. The molecule has 0 radical (unpaired) electrons. The number of nitrogens with zero attached hydrogens (tertiary/aromatic N) is 2. The fourth-order valence-corrected chi connectivity index (χ4v) is 1.57. The Bertz CT molecular complexity index is 321. The summed E-state index contributed by atoms with van der Waals surface area (Å²) >= 11 is 0. The SMILES string of the molecule is CCCCN(/C=C(/C#N)C(=O)NCCOC)CCC. The summed E-state index contributed by atoms with van der Waals surface area (Å²) in [7, 11) is 1.57. The average molecular weight is 267 g/mol. The lowest BCUT2D eigenvalue weighted by atomic mass is 10.2. The number of carbonyl (C=O) groups is 1. The third-order valence-corrected chi connectivity index (χ3v) is 2.58. The van der Waals surface area contributed by atoms with Crippen LogP contribution in [0.2, 0.25) is 0 Å². The van der Waals surface area contributed by atoms with Crippen LogP contribution in [0.5, 0.6) is 0 Å². The van der Waals surface area contributed by atoms with Gasteiger partial charge in [-0.05, 0) is 12.8 Å². The molecule has 1 amide bonds. The summed E-state index contributed by atoms with van der Waals surface area (Å²) in [5.74, 6) is -0.336. The molecule has 0 spiro atoms. The van der Waals surface area contributed by atoms with E-state index in [1.54, 1.807) is 13.3 Å². The number of unbranched alkanes of at least 4 members (excludes halogenated alkanes) is 1. The van der Waals surface area contributed by atoms with Gasteiger partial charge in [0.05, 0.1) is 6.61 Å². The monoisotopic (exact) mass is 267 g/mol. The van der Waals surface area contributed by atoms with Crippen molar-refractivity contribution in [2.75, 3.05) is 33.4 Å². The zero-order chi connectivity index (χ0) is 14.5. The molecule has 5 nitrogen and oxygen atoms in total. The van der Waals surface area contributed by atoms with Gasteiger partial charge in [-0.1, -0.05) is 20.3 Å². The van der Waals surface area contributed by atoms with Crippen LogP contribution in [0.15, 0.2) is 11.8 Å². The second-order valence-corrected chi connectivity index (χ2v) is 4.29. The van der Waals surface area contributed by atoms with E-state index in [-0.39, 0.29) is 11.5 Å². The highest BCUT2D eigenvalue weighted by Gasteiger charge is 2.10. The zero-order valence-electron chi connectivity index (χ0n) is 12.2. The largest absolute Gasteiger partial charge is 0.383 e. The lowest BCUT2D eigenvalue weighted by Gasteiger charge is -2.19. The van der Waals surface area contributed by atoms with Crippen LogP contribution in [0.1, 0.15) is 33.1 Å². The standard InChI is InChI=1S/C14H25N3O2/c1-4-6-9-17(8-5-2)12-13(11-15)14(18)16-7-10-19-3/h12H,4-10H2,1-3H3,(H,16,18)/b13-12-. The van der Waals surface area contributed by atoms with Gasteiger partial charge < -0.3 is 15.0 Å². The number of carbonyl (C=O) groups excluding carboxylic acids is 1. The van der Waals surface area contributed by atoms with Gasteiger partial charge in [-0.2, -0.15) is 5.26 Å². The van der Waals surface area contributed by atoms with E-state index in [1.165, 1.54) is 0 Å². The summed E-state index contributed by atoms with van der Waals surface area (Å²) in [4.78, 5) is 13.8. The number of hydrogen-bond acceptors (Lipinski definition) is 4. The van der Waals surface area contributed by atoms with Gasteiger partial charge in [-0.3, -0.25) is 4.79 Å². The van der Waals surface area contributed by atoms with E-state index in [9.17, 15) is 4.79 Å². The minimum atomic E-state index is -0.336. The number of rotatable bonds is 10. The van der Waals surface area contributed by atoms with Crippen molar-refractivity contribution in [3.8, 4) is 6.07 Å². The van der Waals surface area contributed by atoms with Crippen molar-refractivity contribution >= 4 is 5.91 Å². The van der Waals surface area contributed by atoms with Gasteiger partial charge in [0.2, 0.25) is 0 Å². The molecule has 0 unspecified atom stereocenters. The molecule has 0 aromatic heterocycles. The van der Waals surface area contributed by atoms with E-state index < -0.39 is 0 Å². The molecule has 0 aliphatic heterocycles. The normalized spacial score (nSPS) is 10.9. The number of nitriles is 1. The Kier molecular flexibility index (Phi) is 10.6. The first-order valence-corrected chi connectivity index (χ1v) is 6.82.